The Balaban J connectivity index is 2.17. The highest BCUT2D eigenvalue weighted by Crippen LogP contribution is 2.40. The monoisotopic (exact) mass is 719 g/mol. The van der Waals surface area contributed by atoms with Crippen LogP contribution in [-0.2, 0) is 33.3 Å². The Morgan fingerprint density at radius 2 is 1.69 bits per heavy atom. The van der Waals surface area contributed by atoms with Gasteiger partial charge in [0.25, 0.3) is 0 Å². The quantitative estimate of drug-likeness (QED) is 0.250. The molecule has 2 fully saturated rings. The predicted octanol–water partition coefficient (Wildman–Crippen LogP) is 3.94. The molecule has 0 amide bonds. The van der Waals surface area contributed by atoms with Gasteiger partial charge in [0, 0.05) is 17.8 Å². The third-order valence-electron chi connectivity index (χ3n) is 10.8. The fraction of sp³-hybridized carbons (Fsp3) is 0.718. The van der Waals surface area contributed by atoms with Crippen LogP contribution in [0.15, 0.2) is 43.0 Å². The van der Waals surface area contributed by atoms with Crippen molar-refractivity contribution in [3.63, 3.8) is 0 Å². The summed E-state index contributed by atoms with van der Waals surface area (Å²) in [6.45, 7) is 17.0. The van der Waals surface area contributed by atoms with Gasteiger partial charge in [-0.05, 0) is 73.2 Å². The van der Waals surface area contributed by atoms with Crippen LogP contribution in [0.25, 0.3) is 0 Å². The zero-order valence-electron chi connectivity index (χ0n) is 32.0. The second-order valence-electron chi connectivity index (χ2n) is 15.2. The van der Waals surface area contributed by atoms with E-state index in [-0.39, 0.29) is 37.4 Å². The standard InChI is InChI=1S/C39H61NO11/c1-12-19-47-38(8)21-22(3)30(41)24(5)33(43)39(9,46)29(13-2)49-35(44)26(7)31(42)25(6)34(38)51-37-32(28(40(10)11)20-23(4)48-37)50-36(45)27-17-15-14-16-18-27/h12,14-18,22-26,28-29,31-34,37,42-43,46H,1,13,19-21H2,2-11H3/t22-,23-,24+,25+,26-,28+,29-,31+,32-,33-,34-,37+,38-,39-/m1/s1. The van der Waals surface area contributed by atoms with Gasteiger partial charge in [-0.3, -0.25) is 9.59 Å². The van der Waals surface area contributed by atoms with E-state index >= 15 is 0 Å². The largest absolute Gasteiger partial charge is 0.459 e. The zero-order valence-corrected chi connectivity index (χ0v) is 32.0. The molecule has 0 radical (unpaired) electrons. The first kappa shape index (κ1) is 42.7. The molecule has 2 aliphatic rings. The highest BCUT2D eigenvalue weighted by atomic mass is 16.7. The number of cyclic esters (lactones) is 1. The molecule has 12 heteroatoms. The predicted molar refractivity (Wildman–Crippen MR) is 191 cm³/mol. The van der Waals surface area contributed by atoms with Crippen LogP contribution in [0.2, 0.25) is 0 Å². The molecule has 3 rings (SSSR count). The van der Waals surface area contributed by atoms with E-state index in [4.69, 9.17) is 23.7 Å². The van der Waals surface area contributed by atoms with Gasteiger partial charge in [-0.25, -0.2) is 4.79 Å². The number of ketones is 1. The Kier molecular flexibility index (Phi) is 15.0. The summed E-state index contributed by atoms with van der Waals surface area (Å²) < 4.78 is 31.6. The van der Waals surface area contributed by atoms with Crippen molar-refractivity contribution in [2.24, 2.45) is 23.7 Å². The summed E-state index contributed by atoms with van der Waals surface area (Å²) in [6.07, 6.45) is -5.24. The molecule has 0 bridgehead atoms. The van der Waals surface area contributed by atoms with Crippen LogP contribution in [0.5, 0.6) is 0 Å². The molecule has 0 aliphatic carbocycles. The van der Waals surface area contributed by atoms with Crippen molar-refractivity contribution in [3.8, 4) is 0 Å². The number of esters is 2. The fourth-order valence-corrected chi connectivity index (χ4v) is 7.65. The van der Waals surface area contributed by atoms with Crippen LogP contribution in [0, 0.1) is 23.7 Å². The lowest BCUT2D eigenvalue weighted by Crippen LogP contribution is -2.61. The van der Waals surface area contributed by atoms with Crippen molar-refractivity contribution in [2.75, 3.05) is 20.7 Å². The lowest BCUT2D eigenvalue weighted by atomic mass is 9.74. The van der Waals surface area contributed by atoms with E-state index in [1.54, 1.807) is 64.1 Å². The van der Waals surface area contributed by atoms with Gasteiger partial charge in [-0.2, -0.15) is 0 Å². The number of nitrogens with zero attached hydrogens (tertiary/aromatic N) is 1. The van der Waals surface area contributed by atoms with Crippen LogP contribution < -0.4 is 0 Å². The van der Waals surface area contributed by atoms with E-state index in [0.29, 0.717) is 12.0 Å². The third-order valence-corrected chi connectivity index (χ3v) is 10.8. The minimum absolute atomic E-state index is 0.0530. The molecule has 3 N–H and O–H groups in total. The average molecular weight is 720 g/mol. The van der Waals surface area contributed by atoms with Gasteiger partial charge in [-0.15, -0.1) is 6.58 Å². The zero-order chi connectivity index (χ0) is 38.4. The maximum absolute atomic E-state index is 14.0. The van der Waals surface area contributed by atoms with E-state index in [1.807, 2.05) is 25.9 Å². The normalized spacial score (nSPS) is 40.3. The first-order chi connectivity index (χ1) is 23.8. The molecule has 2 saturated heterocycles. The molecule has 0 spiro atoms. The van der Waals surface area contributed by atoms with E-state index < -0.39 is 83.6 Å². The Morgan fingerprint density at radius 3 is 2.25 bits per heavy atom. The molecular formula is C39H61NO11. The summed E-state index contributed by atoms with van der Waals surface area (Å²) in [4.78, 5) is 43.0. The molecule has 1 aromatic rings. The number of aliphatic hydroxyl groups excluding tert-OH is 2. The number of rotatable bonds is 9. The maximum Gasteiger partial charge on any atom is 0.338 e. The summed E-state index contributed by atoms with van der Waals surface area (Å²) >= 11 is 0. The molecule has 0 aromatic heterocycles. The number of Topliss-reactive ketones (excluding diaryl/α,β-unsaturated/α-hetero) is 1. The summed E-state index contributed by atoms with van der Waals surface area (Å²) in [5, 5.41) is 34.6. The number of ether oxygens (including phenoxy) is 5. The molecule has 1 aromatic carbocycles. The Bertz CT molecular complexity index is 1320. The number of carbonyl (C=O) groups is 3. The summed E-state index contributed by atoms with van der Waals surface area (Å²) in [5.41, 5.74) is -2.94. The first-order valence-electron chi connectivity index (χ1n) is 18.1. The van der Waals surface area contributed by atoms with Gasteiger partial charge in [-0.1, -0.05) is 52.0 Å². The van der Waals surface area contributed by atoms with Crippen molar-refractivity contribution in [1.29, 1.82) is 0 Å². The first-order valence-corrected chi connectivity index (χ1v) is 18.1. The SMILES string of the molecule is C=CCO[C@]1(C)C[C@@H](C)C(=O)[C@H](C)[C@@H](O)[C@](C)(O)[C@@H](CC)OC(=O)[C@H](C)[C@@H](O)[C@H](C)[C@H]1O[C@@H]1O[C@H](C)C[C@H](N(C)C)[C@H]1OC(=O)c1ccccc1. The Hall–Kier alpha value is -2.71. The van der Waals surface area contributed by atoms with Crippen LogP contribution in [0.1, 0.15) is 85.0 Å². The van der Waals surface area contributed by atoms with Gasteiger partial charge < -0.3 is 43.9 Å². The molecule has 12 nitrogen and oxygen atoms in total. The molecule has 0 unspecified atom stereocenters. The van der Waals surface area contributed by atoms with Crippen LogP contribution in [0.3, 0.4) is 0 Å². The van der Waals surface area contributed by atoms with Crippen molar-refractivity contribution < 1.29 is 53.4 Å². The van der Waals surface area contributed by atoms with Crippen LogP contribution in [0.4, 0.5) is 0 Å². The summed E-state index contributed by atoms with van der Waals surface area (Å²) in [7, 11) is 3.76. The topological polar surface area (TPSA) is 161 Å². The molecule has 288 valence electrons. The summed E-state index contributed by atoms with van der Waals surface area (Å²) in [6, 6.07) is 8.28. The lowest BCUT2D eigenvalue weighted by Gasteiger charge is -2.49. The fourth-order valence-electron chi connectivity index (χ4n) is 7.65. The summed E-state index contributed by atoms with van der Waals surface area (Å²) in [5.74, 6) is -5.43. The Labute approximate surface area is 303 Å². The van der Waals surface area contributed by atoms with Gasteiger partial charge in [0.05, 0.1) is 54.1 Å². The number of likely N-dealkylation sites (N-methyl/N-ethyl adjacent to an activating group) is 1. The third kappa shape index (κ3) is 9.84. The number of hydrogen-bond donors (Lipinski definition) is 3. The van der Waals surface area contributed by atoms with Crippen molar-refractivity contribution in [1.82, 2.24) is 4.90 Å². The lowest BCUT2D eigenvalue weighted by molar-refractivity contribution is -0.302. The molecule has 51 heavy (non-hydrogen) atoms. The van der Waals surface area contributed by atoms with Crippen LogP contribution in [-0.4, -0.2) is 119 Å². The van der Waals surface area contributed by atoms with Crippen molar-refractivity contribution in [3.05, 3.63) is 48.6 Å². The number of carbonyl (C=O) groups excluding carboxylic acids is 3. The minimum Gasteiger partial charge on any atom is -0.459 e. The smallest absolute Gasteiger partial charge is 0.338 e. The number of hydrogen-bond acceptors (Lipinski definition) is 12. The molecule has 0 saturated carbocycles. The van der Waals surface area contributed by atoms with Gasteiger partial charge in [0.15, 0.2) is 12.4 Å². The maximum atomic E-state index is 14.0. The van der Waals surface area contributed by atoms with E-state index in [1.165, 1.54) is 20.8 Å². The molecule has 2 aliphatic heterocycles. The van der Waals surface area contributed by atoms with Gasteiger partial charge >= 0.3 is 11.9 Å². The van der Waals surface area contributed by atoms with Gasteiger partial charge in [0.1, 0.15) is 17.5 Å². The van der Waals surface area contributed by atoms with Crippen molar-refractivity contribution >= 4 is 17.7 Å². The van der Waals surface area contributed by atoms with Crippen molar-refractivity contribution in [2.45, 2.75) is 135 Å². The van der Waals surface area contributed by atoms with E-state index in [0.717, 1.165) is 0 Å². The van der Waals surface area contributed by atoms with E-state index in [9.17, 15) is 29.7 Å². The molecule has 2 heterocycles. The van der Waals surface area contributed by atoms with Gasteiger partial charge in [0.2, 0.25) is 0 Å². The highest BCUT2D eigenvalue weighted by Gasteiger charge is 2.52. The van der Waals surface area contributed by atoms with E-state index in [2.05, 4.69) is 6.58 Å². The molecular weight excluding hydrogens is 658 g/mol. The highest BCUT2D eigenvalue weighted by molar-refractivity contribution is 5.89. The van der Waals surface area contributed by atoms with Crippen LogP contribution >= 0.6 is 0 Å². The minimum atomic E-state index is -1.96. The molecule has 14 atom stereocenters. The second kappa shape index (κ2) is 17.9. The average Bonchev–Trinajstić information content (AvgIpc) is 3.10. The number of aliphatic hydroxyl groups is 3. The Morgan fingerprint density at radius 1 is 1.06 bits per heavy atom. The second-order valence-corrected chi connectivity index (χ2v) is 15.2. The number of benzene rings is 1.